The topological polar surface area (TPSA) is 76.8 Å². The second kappa shape index (κ2) is 10.3. The number of nitrogens with zero attached hydrogens (tertiary/aromatic N) is 1. The highest BCUT2D eigenvalue weighted by atomic mass is 32.2. The summed E-state index contributed by atoms with van der Waals surface area (Å²) in [6.45, 7) is 4.42. The van der Waals surface area contributed by atoms with E-state index in [9.17, 15) is 26.4 Å². The monoisotopic (exact) mass is 495 g/mol. The number of furan rings is 1. The van der Waals surface area contributed by atoms with Gasteiger partial charge in [-0.2, -0.15) is 21.6 Å². The van der Waals surface area contributed by atoms with Gasteiger partial charge in [-0.1, -0.05) is 32.0 Å². The van der Waals surface area contributed by atoms with Crippen molar-refractivity contribution in [3.63, 3.8) is 0 Å². The quantitative estimate of drug-likeness (QED) is 0.359. The second-order valence-electron chi connectivity index (χ2n) is 8.13. The maximum absolute atomic E-state index is 12.9. The first kappa shape index (κ1) is 25.4. The Hall–Kier alpha value is -3.27. The molecule has 0 saturated heterocycles. The molecule has 0 aliphatic heterocycles. The van der Waals surface area contributed by atoms with Gasteiger partial charge >= 0.3 is 16.3 Å². The Bertz CT molecular complexity index is 1200. The molecule has 0 bridgehead atoms. The highest BCUT2D eigenvalue weighted by Crippen LogP contribution is 2.31. The van der Waals surface area contributed by atoms with Crippen LogP contribution in [0, 0.1) is 5.92 Å². The zero-order valence-electron chi connectivity index (χ0n) is 18.6. The summed E-state index contributed by atoms with van der Waals surface area (Å²) in [5.74, 6) is 0.679. The summed E-state index contributed by atoms with van der Waals surface area (Å²) in [6.07, 6.45) is -2.80. The van der Waals surface area contributed by atoms with Gasteiger partial charge in [0.05, 0.1) is 18.4 Å². The zero-order chi connectivity index (χ0) is 24.9. The van der Waals surface area contributed by atoms with E-state index in [2.05, 4.69) is 0 Å². The average molecular weight is 496 g/mol. The molecule has 0 aliphatic rings. The minimum absolute atomic E-state index is 0.0566. The Kier molecular flexibility index (Phi) is 7.71. The van der Waals surface area contributed by atoms with Crippen molar-refractivity contribution in [2.45, 2.75) is 44.4 Å². The predicted molar refractivity (Wildman–Crippen MR) is 118 cm³/mol. The fourth-order valence-electron chi connectivity index (χ4n) is 3.17. The zero-order valence-corrected chi connectivity index (χ0v) is 19.4. The molecular weight excluding hydrogens is 471 g/mol. The summed E-state index contributed by atoms with van der Waals surface area (Å²) in [5, 5.41) is 0. The number of carbonyl (C=O) groups excluding carboxylic acids is 1. The Balaban J connectivity index is 1.73. The van der Waals surface area contributed by atoms with Gasteiger partial charge in [0.2, 0.25) is 5.91 Å². The molecule has 0 saturated carbocycles. The highest BCUT2D eigenvalue weighted by Gasteiger charge is 2.32. The SMILES string of the molecule is CC(C)CC(=O)N(Cc1ccc(OS(=O)(=O)c2cccc(C(F)(F)F)c2)cc1)Cc1ccco1. The van der Waals surface area contributed by atoms with E-state index in [1.54, 1.807) is 29.2 Å². The number of amides is 1. The van der Waals surface area contributed by atoms with Gasteiger partial charge in [0, 0.05) is 13.0 Å². The van der Waals surface area contributed by atoms with Gasteiger partial charge in [-0.05, 0) is 53.9 Å². The molecule has 0 N–H and O–H groups in total. The van der Waals surface area contributed by atoms with Crippen LogP contribution in [0.25, 0.3) is 0 Å². The van der Waals surface area contributed by atoms with Crippen molar-refractivity contribution in [3.8, 4) is 5.75 Å². The summed E-state index contributed by atoms with van der Waals surface area (Å²) in [5.41, 5.74) is -0.372. The molecule has 1 heterocycles. The molecule has 3 rings (SSSR count). The van der Waals surface area contributed by atoms with Crippen molar-refractivity contribution in [1.82, 2.24) is 4.90 Å². The first-order valence-electron chi connectivity index (χ1n) is 10.4. The predicted octanol–water partition coefficient (Wildman–Crippen LogP) is 5.64. The lowest BCUT2D eigenvalue weighted by Gasteiger charge is -2.23. The summed E-state index contributed by atoms with van der Waals surface area (Å²) in [4.78, 5) is 13.7. The van der Waals surface area contributed by atoms with Crippen LogP contribution in [0.3, 0.4) is 0 Å². The summed E-state index contributed by atoms with van der Waals surface area (Å²) >= 11 is 0. The Morgan fingerprint density at radius 2 is 1.74 bits per heavy atom. The van der Waals surface area contributed by atoms with Crippen LogP contribution >= 0.6 is 0 Å². The number of hydrogen-bond acceptors (Lipinski definition) is 5. The van der Waals surface area contributed by atoms with Crippen molar-refractivity contribution in [1.29, 1.82) is 0 Å². The van der Waals surface area contributed by atoms with Crippen molar-refractivity contribution >= 4 is 16.0 Å². The van der Waals surface area contributed by atoms with Gasteiger partial charge in [-0.25, -0.2) is 0 Å². The molecular formula is C24H24F3NO5S. The van der Waals surface area contributed by atoms with Gasteiger partial charge in [-0.15, -0.1) is 0 Å². The fraction of sp³-hybridized carbons (Fsp3) is 0.292. The van der Waals surface area contributed by atoms with E-state index in [-0.39, 0.29) is 30.7 Å². The number of hydrogen-bond donors (Lipinski definition) is 0. The third-order valence-electron chi connectivity index (χ3n) is 4.82. The van der Waals surface area contributed by atoms with Gasteiger partial charge in [0.15, 0.2) is 0 Å². The van der Waals surface area contributed by atoms with E-state index in [4.69, 9.17) is 8.60 Å². The number of alkyl halides is 3. The molecule has 6 nitrogen and oxygen atoms in total. The first-order chi connectivity index (χ1) is 15.9. The molecule has 0 radical (unpaired) electrons. The van der Waals surface area contributed by atoms with Crippen molar-refractivity contribution in [2.75, 3.05) is 0 Å². The molecule has 34 heavy (non-hydrogen) atoms. The van der Waals surface area contributed by atoms with Crippen LogP contribution in [-0.4, -0.2) is 19.2 Å². The van der Waals surface area contributed by atoms with E-state index in [1.807, 2.05) is 13.8 Å². The second-order valence-corrected chi connectivity index (χ2v) is 9.68. The van der Waals surface area contributed by atoms with Crippen molar-refractivity contribution < 1.29 is 35.0 Å². The Labute approximate surface area is 196 Å². The molecule has 0 spiro atoms. The summed E-state index contributed by atoms with van der Waals surface area (Å²) in [7, 11) is -4.47. The Morgan fingerprint density at radius 1 is 1.03 bits per heavy atom. The molecule has 3 aromatic rings. The lowest BCUT2D eigenvalue weighted by Crippen LogP contribution is -2.30. The third kappa shape index (κ3) is 6.86. The van der Waals surface area contributed by atoms with E-state index < -0.39 is 26.8 Å². The third-order valence-corrected chi connectivity index (χ3v) is 6.06. The van der Waals surface area contributed by atoms with Crippen LogP contribution in [0.4, 0.5) is 13.2 Å². The Morgan fingerprint density at radius 3 is 2.32 bits per heavy atom. The number of benzene rings is 2. The molecule has 0 unspecified atom stereocenters. The molecule has 10 heteroatoms. The van der Waals surface area contributed by atoms with Gasteiger partial charge < -0.3 is 13.5 Å². The smallest absolute Gasteiger partial charge is 0.416 e. The van der Waals surface area contributed by atoms with E-state index >= 15 is 0 Å². The average Bonchev–Trinajstić information content (AvgIpc) is 3.26. The maximum Gasteiger partial charge on any atom is 0.416 e. The lowest BCUT2D eigenvalue weighted by atomic mass is 10.1. The summed E-state index contributed by atoms with van der Waals surface area (Å²) in [6, 6.07) is 12.8. The van der Waals surface area contributed by atoms with Crippen LogP contribution in [0.15, 0.2) is 76.2 Å². The largest absolute Gasteiger partial charge is 0.467 e. The van der Waals surface area contributed by atoms with Crippen LogP contribution in [0.2, 0.25) is 0 Å². The van der Waals surface area contributed by atoms with Crippen LogP contribution in [0.5, 0.6) is 5.75 Å². The molecule has 1 aromatic heterocycles. The van der Waals surface area contributed by atoms with Gasteiger partial charge in [0.1, 0.15) is 16.4 Å². The molecule has 0 aliphatic carbocycles. The minimum Gasteiger partial charge on any atom is -0.467 e. The summed E-state index contributed by atoms with van der Waals surface area (Å²) < 4.78 is 74.0. The van der Waals surface area contributed by atoms with Gasteiger partial charge in [-0.3, -0.25) is 4.79 Å². The fourth-order valence-corrected chi connectivity index (χ4v) is 4.15. The van der Waals surface area contributed by atoms with Gasteiger partial charge in [0.25, 0.3) is 0 Å². The number of halogens is 3. The minimum atomic E-state index is -4.68. The lowest BCUT2D eigenvalue weighted by molar-refractivity contribution is -0.137. The van der Waals surface area contributed by atoms with Crippen LogP contribution in [-0.2, 0) is 34.2 Å². The molecule has 0 fully saturated rings. The normalized spacial score (nSPS) is 12.1. The molecule has 0 atom stereocenters. The molecule has 182 valence electrons. The maximum atomic E-state index is 12.9. The van der Waals surface area contributed by atoms with Crippen molar-refractivity contribution in [2.24, 2.45) is 5.92 Å². The first-order valence-corrected chi connectivity index (χ1v) is 11.9. The highest BCUT2D eigenvalue weighted by molar-refractivity contribution is 7.87. The standard InChI is InChI=1S/C24H24F3NO5S/c1-17(2)13-23(29)28(16-21-6-4-12-32-21)15-18-8-10-20(11-9-18)33-34(30,31)22-7-3-5-19(14-22)24(25,26)27/h3-12,14,17H,13,15-16H2,1-2H3. The van der Waals surface area contributed by atoms with Crippen LogP contribution < -0.4 is 4.18 Å². The van der Waals surface area contributed by atoms with E-state index in [0.29, 0.717) is 23.8 Å². The van der Waals surface area contributed by atoms with Crippen LogP contribution in [0.1, 0.15) is 37.2 Å². The number of rotatable bonds is 9. The van der Waals surface area contributed by atoms with E-state index in [1.165, 1.54) is 18.4 Å². The molecule has 1 amide bonds. The number of carbonyl (C=O) groups is 1. The molecule has 2 aromatic carbocycles. The van der Waals surface area contributed by atoms with Crippen molar-refractivity contribution in [3.05, 3.63) is 83.8 Å². The van der Waals surface area contributed by atoms with E-state index in [0.717, 1.165) is 18.2 Å².